The van der Waals surface area contributed by atoms with Crippen LogP contribution in [0.2, 0.25) is 0 Å². The number of hydrogen-bond acceptors (Lipinski definition) is 4. The van der Waals surface area contributed by atoms with Crippen LogP contribution in [0.4, 0.5) is 24.7 Å². The maximum Gasteiger partial charge on any atom is 0.416 e. The Bertz CT molecular complexity index is 813. The lowest BCUT2D eigenvalue weighted by Gasteiger charge is -2.31. The van der Waals surface area contributed by atoms with Crippen molar-refractivity contribution in [2.45, 2.75) is 32.9 Å². The Morgan fingerprint density at radius 2 is 1.78 bits per heavy atom. The summed E-state index contributed by atoms with van der Waals surface area (Å²) in [6.45, 7) is 5.67. The molecule has 1 aromatic heterocycles. The van der Waals surface area contributed by atoms with Crippen molar-refractivity contribution in [2.75, 3.05) is 23.3 Å². The summed E-state index contributed by atoms with van der Waals surface area (Å²) in [7, 11) is 0. The summed E-state index contributed by atoms with van der Waals surface area (Å²) in [5.74, 6) is 1.37. The summed E-state index contributed by atoms with van der Waals surface area (Å²) in [5.41, 5.74) is -0.298. The Balaban J connectivity index is 1.74. The maximum atomic E-state index is 12.6. The molecule has 8 heteroatoms. The first-order chi connectivity index (χ1) is 12.7. The van der Waals surface area contributed by atoms with Crippen LogP contribution in [0.1, 0.15) is 41.6 Å². The zero-order valence-corrected chi connectivity index (χ0v) is 15.2. The van der Waals surface area contributed by atoms with Crippen LogP contribution in [0.25, 0.3) is 0 Å². The highest BCUT2D eigenvalue weighted by molar-refractivity contribution is 6.03. The van der Waals surface area contributed by atoms with Crippen LogP contribution in [-0.4, -0.2) is 29.0 Å². The fraction of sp³-hybridized carbons (Fsp3) is 0.421. The average molecular weight is 378 g/mol. The standard InChI is InChI=1S/C19H21F3N4O/c1-12-7-9-26(10-8-12)17-11-16(23-13(2)24-17)18(27)25-15-5-3-14(4-6-15)19(20,21)22/h3-6,11-12H,7-10H2,1-2H3,(H,25,27). The van der Waals surface area contributed by atoms with Gasteiger partial charge in [-0.05, 0) is 49.9 Å². The number of carbonyl (C=O) groups excluding carboxylic acids is 1. The summed E-state index contributed by atoms with van der Waals surface area (Å²) in [5, 5.41) is 2.59. The molecule has 1 fully saturated rings. The average Bonchev–Trinajstić information content (AvgIpc) is 2.61. The van der Waals surface area contributed by atoms with E-state index >= 15 is 0 Å². The van der Waals surface area contributed by atoms with Gasteiger partial charge in [0.1, 0.15) is 17.3 Å². The van der Waals surface area contributed by atoms with E-state index in [0.29, 0.717) is 17.6 Å². The Hall–Kier alpha value is -2.64. The third kappa shape index (κ3) is 4.75. The smallest absolute Gasteiger partial charge is 0.356 e. The van der Waals surface area contributed by atoms with Crippen LogP contribution in [0.5, 0.6) is 0 Å². The van der Waals surface area contributed by atoms with Gasteiger partial charge in [-0.2, -0.15) is 13.2 Å². The third-order valence-corrected chi connectivity index (χ3v) is 4.63. The fourth-order valence-electron chi connectivity index (χ4n) is 3.01. The predicted octanol–water partition coefficient (Wildman–Crippen LogP) is 4.29. The minimum atomic E-state index is -4.41. The van der Waals surface area contributed by atoms with Crippen molar-refractivity contribution < 1.29 is 18.0 Å². The van der Waals surface area contributed by atoms with Gasteiger partial charge in [0.15, 0.2) is 0 Å². The van der Waals surface area contributed by atoms with Crippen molar-refractivity contribution in [1.29, 1.82) is 0 Å². The van der Waals surface area contributed by atoms with Gasteiger partial charge in [0.25, 0.3) is 5.91 Å². The molecule has 2 aromatic rings. The monoisotopic (exact) mass is 378 g/mol. The van der Waals surface area contributed by atoms with Crippen LogP contribution in [0.3, 0.4) is 0 Å². The molecule has 1 amide bonds. The van der Waals surface area contributed by atoms with Crippen molar-refractivity contribution >= 4 is 17.4 Å². The number of amides is 1. The number of piperidine rings is 1. The first-order valence-electron chi connectivity index (χ1n) is 8.81. The van der Waals surface area contributed by atoms with E-state index in [4.69, 9.17) is 0 Å². The molecule has 1 aromatic carbocycles. The molecule has 144 valence electrons. The Morgan fingerprint density at radius 3 is 2.37 bits per heavy atom. The van der Waals surface area contributed by atoms with E-state index in [1.54, 1.807) is 13.0 Å². The van der Waals surface area contributed by atoms with Gasteiger partial charge in [-0.25, -0.2) is 9.97 Å². The molecule has 0 unspecified atom stereocenters. The highest BCUT2D eigenvalue weighted by Crippen LogP contribution is 2.30. The van der Waals surface area contributed by atoms with E-state index in [-0.39, 0.29) is 11.4 Å². The van der Waals surface area contributed by atoms with Gasteiger partial charge in [-0.3, -0.25) is 4.79 Å². The molecule has 0 bridgehead atoms. The second-order valence-electron chi connectivity index (χ2n) is 6.86. The van der Waals surface area contributed by atoms with Crippen molar-refractivity contribution in [3.05, 3.63) is 47.4 Å². The Morgan fingerprint density at radius 1 is 1.15 bits per heavy atom. The van der Waals surface area contributed by atoms with Crippen LogP contribution in [-0.2, 0) is 6.18 Å². The number of nitrogens with zero attached hydrogens (tertiary/aromatic N) is 3. The number of carbonyl (C=O) groups is 1. The normalized spacial score (nSPS) is 15.7. The van der Waals surface area contributed by atoms with Gasteiger partial charge < -0.3 is 10.2 Å². The number of hydrogen-bond donors (Lipinski definition) is 1. The summed E-state index contributed by atoms with van der Waals surface area (Å²) < 4.78 is 37.9. The van der Waals surface area contributed by atoms with Crippen molar-refractivity contribution in [1.82, 2.24) is 9.97 Å². The minimum absolute atomic E-state index is 0.191. The number of nitrogens with one attached hydrogen (secondary N) is 1. The molecule has 5 nitrogen and oxygen atoms in total. The molecule has 1 saturated heterocycles. The van der Waals surface area contributed by atoms with Crippen LogP contribution < -0.4 is 10.2 Å². The largest absolute Gasteiger partial charge is 0.416 e. The maximum absolute atomic E-state index is 12.6. The molecule has 27 heavy (non-hydrogen) atoms. The highest BCUT2D eigenvalue weighted by Gasteiger charge is 2.30. The highest BCUT2D eigenvalue weighted by atomic mass is 19.4. The van der Waals surface area contributed by atoms with E-state index in [1.165, 1.54) is 12.1 Å². The molecule has 0 radical (unpaired) electrons. The van der Waals surface area contributed by atoms with Crippen molar-refractivity contribution in [3.8, 4) is 0 Å². The van der Waals surface area contributed by atoms with Crippen LogP contribution in [0.15, 0.2) is 30.3 Å². The molecule has 0 spiro atoms. The number of aromatic nitrogens is 2. The number of aryl methyl sites for hydroxylation is 1. The molecule has 1 aliphatic rings. The summed E-state index contributed by atoms with van der Waals surface area (Å²) in [4.78, 5) is 23.2. The lowest BCUT2D eigenvalue weighted by molar-refractivity contribution is -0.137. The number of alkyl halides is 3. The Kier molecular flexibility index (Phi) is 5.34. The molecule has 1 aliphatic heterocycles. The molecule has 3 rings (SSSR count). The molecule has 0 atom stereocenters. The lowest BCUT2D eigenvalue weighted by atomic mass is 9.99. The van der Waals surface area contributed by atoms with Gasteiger partial charge in [0, 0.05) is 24.8 Å². The van der Waals surface area contributed by atoms with Gasteiger partial charge >= 0.3 is 6.18 Å². The van der Waals surface area contributed by atoms with E-state index in [2.05, 4.69) is 27.1 Å². The number of benzene rings is 1. The van der Waals surface area contributed by atoms with Gasteiger partial charge in [-0.15, -0.1) is 0 Å². The Labute approximate surface area is 155 Å². The number of rotatable bonds is 3. The van der Waals surface area contributed by atoms with E-state index in [0.717, 1.165) is 38.1 Å². The number of anilines is 2. The second kappa shape index (κ2) is 7.54. The number of halogens is 3. The van der Waals surface area contributed by atoms with Crippen molar-refractivity contribution in [2.24, 2.45) is 5.92 Å². The minimum Gasteiger partial charge on any atom is -0.356 e. The molecular formula is C19H21F3N4O. The van der Waals surface area contributed by atoms with Gasteiger partial charge in [-0.1, -0.05) is 6.92 Å². The summed E-state index contributed by atoms with van der Waals surface area (Å²) in [6, 6.07) is 5.94. The van der Waals surface area contributed by atoms with E-state index < -0.39 is 17.6 Å². The van der Waals surface area contributed by atoms with E-state index in [9.17, 15) is 18.0 Å². The molecule has 0 saturated carbocycles. The first kappa shape index (κ1) is 19.1. The second-order valence-corrected chi connectivity index (χ2v) is 6.86. The topological polar surface area (TPSA) is 58.1 Å². The summed E-state index contributed by atoms with van der Waals surface area (Å²) >= 11 is 0. The van der Waals surface area contributed by atoms with Gasteiger partial charge in [0.2, 0.25) is 0 Å². The third-order valence-electron chi connectivity index (χ3n) is 4.63. The first-order valence-corrected chi connectivity index (χ1v) is 8.81. The zero-order valence-electron chi connectivity index (χ0n) is 15.2. The van der Waals surface area contributed by atoms with Crippen molar-refractivity contribution in [3.63, 3.8) is 0 Å². The van der Waals surface area contributed by atoms with Gasteiger partial charge in [0.05, 0.1) is 5.56 Å². The molecule has 0 aliphatic carbocycles. The molecule has 1 N–H and O–H groups in total. The SMILES string of the molecule is Cc1nc(C(=O)Nc2ccc(C(F)(F)F)cc2)cc(N2CCC(C)CC2)n1. The van der Waals surface area contributed by atoms with Crippen LogP contribution >= 0.6 is 0 Å². The van der Waals surface area contributed by atoms with E-state index in [1.807, 2.05) is 0 Å². The zero-order chi connectivity index (χ0) is 19.6. The summed E-state index contributed by atoms with van der Waals surface area (Å²) in [6.07, 6.45) is -2.28. The molecule has 2 heterocycles. The molecular weight excluding hydrogens is 357 g/mol. The quantitative estimate of drug-likeness (QED) is 0.866. The lowest BCUT2D eigenvalue weighted by Crippen LogP contribution is -2.34. The predicted molar refractivity (Wildman–Crippen MR) is 96.8 cm³/mol. The fourth-order valence-corrected chi connectivity index (χ4v) is 3.01. The van der Waals surface area contributed by atoms with Crippen LogP contribution in [0, 0.1) is 12.8 Å².